The highest BCUT2D eigenvalue weighted by Crippen LogP contribution is 2.05. The molecule has 0 aliphatic heterocycles. The fraction of sp³-hybridized carbons (Fsp3) is 0.789. The van der Waals surface area contributed by atoms with Gasteiger partial charge < -0.3 is 15.4 Å². The smallest absolute Gasteiger partial charge is 0.242 e. The van der Waals surface area contributed by atoms with Crippen molar-refractivity contribution in [2.75, 3.05) is 19.8 Å². The zero-order valence-corrected chi connectivity index (χ0v) is 16.0. The van der Waals surface area contributed by atoms with E-state index in [9.17, 15) is 14.0 Å². The molecule has 146 valence electrons. The maximum atomic E-state index is 12.2. The number of hydrogen-bond acceptors (Lipinski definition) is 3. The summed E-state index contributed by atoms with van der Waals surface area (Å²) in [6.45, 7) is 6.60. The minimum absolute atomic E-state index is 0.0893. The van der Waals surface area contributed by atoms with E-state index in [1.807, 2.05) is 19.1 Å². The van der Waals surface area contributed by atoms with Crippen LogP contribution in [0.2, 0.25) is 0 Å². The summed E-state index contributed by atoms with van der Waals surface area (Å²) in [5.74, 6) is -0.379. The van der Waals surface area contributed by atoms with E-state index in [4.69, 9.17) is 4.74 Å². The number of carbonyl (C=O) groups excluding carboxylic acids is 2. The molecule has 0 spiro atoms. The van der Waals surface area contributed by atoms with E-state index in [0.717, 1.165) is 25.9 Å². The SMILES string of the molecule is CCCOC(/C=C\CCC(NC(=O)CCC)C(=O)NCCCF)CC. The monoisotopic (exact) mass is 358 g/mol. The van der Waals surface area contributed by atoms with Gasteiger partial charge in [0, 0.05) is 19.6 Å². The molecule has 0 aliphatic carbocycles. The first-order valence-electron chi connectivity index (χ1n) is 9.50. The normalized spacial score (nSPS) is 13.6. The Kier molecular flexibility index (Phi) is 15.1. The van der Waals surface area contributed by atoms with Crippen LogP contribution in [0.4, 0.5) is 4.39 Å². The highest BCUT2D eigenvalue weighted by Gasteiger charge is 2.19. The van der Waals surface area contributed by atoms with E-state index in [1.54, 1.807) is 0 Å². The van der Waals surface area contributed by atoms with Gasteiger partial charge in [0.1, 0.15) is 6.04 Å². The molecule has 2 amide bonds. The molecule has 0 radical (unpaired) electrons. The summed E-state index contributed by atoms with van der Waals surface area (Å²) in [6.07, 6.45) is 8.57. The van der Waals surface area contributed by atoms with Gasteiger partial charge in [-0.15, -0.1) is 0 Å². The molecule has 25 heavy (non-hydrogen) atoms. The fourth-order valence-electron chi connectivity index (χ4n) is 2.25. The van der Waals surface area contributed by atoms with Gasteiger partial charge >= 0.3 is 0 Å². The van der Waals surface area contributed by atoms with Crippen LogP contribution in [-0.4, -0.2) is 43.8 Å². The Balaban J connectivity index is 4.49. The molecule has 0 aromatic heterocycles. The summed E-state index contributed by atoms with van der Waals surface area (Å²) in [6, 6.07) is -0.583. The van der Waals surface area contributed by atoms with E-state index < -0.39 is 12.7 Å². The van der Waals surface area contributed by atoms with E-state index in [2.05, 4.69) is 24.5 Å². The number of allylic oxidation sites excluding steroid dienone is 1. The lowest BCUT2D eigenvalue weighted by atomic mass is 10.1. The van der Waals surface area contributed by atoms with E-state index >= 15 is 0 Å². The van der Waals surface area contributed by atoms with Crippen LogP contribution in [-0.2, 0) is 14.3 Å². The largest absolute Gasteiger partial charge is 0.374 e. The number of halogens is 1. The molecule has 0 aromatic carbocycles. The Morgan fingerprint density at radius 1 is 1.20 bits per heavy atom. The molecule has 0 aromatic rings. The zero-order chi connectivity index (χ0) is 18.9. The number of alkyl halides is 1. The van der Waals surface area contributed by atoms with Crippen LogP contribution in [0.5, 0.6) is 0 Å². The quantitative estimate of drug-likeness (QED) is 0.349. The summed E-state index contributed by atoms with van der Waals surface area (Å²) in [4.78, 5) is 24.0. The Labute approximate surface area is 151 Å². The number of hydrogen-bond donors (Lipinski definition) is 2. The van der Waals surface area contributed by atoms with Gasteiger partial charge in [-0.3, -0.25) is 14.0 Å². The van der Waals surface area contributed by atoms with Crippen LogP contribution >= 0.6 is 0 Å². The van der Waals surface area contributed by atoms with Gasteiger partial charge in [0.25, 0.3) is 0 Å². The molecule has 0 rings (SSSR count). The van der Waals surface area contributed by atoms with Crippen molar-refractivity contribution >= 4 is 11.8 Å². The molecule has 5 nitrogen and oxygen atoms in total. The van der Waals surface area contributed by atoms with Gasteiger partial charge in [-0.05, 0) is 38.5 Å². The summed E-state index contributed by atoms with van der Waals surface area (Å²) in [5.41, 5.74) is 0. The Hall–Kier alpha value is -1.43. The molecule has 2 unspecified atom stereocenters. The van der Waals surface area contributed by atoms with Crippen molar-refractivity contribution in [3.8, 4) is 0 Å². The first-order chi connectivity index (χ1) is 12.1. The lowest BCUT2D eigenvalue weighted by molar-refractivity contribution is -0.129. The molecule has 2 N–H and O–H groups in total. The molecule has 0 fully saturated rings. The van der Waals surface area contributed by atoms with Gasteiger partial charge in [0.05, 0.1) is 12.8 Å². The molecular formula is C19H35FN2O3. The maximum absolute atomic E-state index is 12.2. The van der Waals surface area contributed by atoms with Crippen molar-refractivity contribution in [2.24, 2.45) is 0 Å². The van der Waals surface area contributed by atoms with Gasteiger partial charge in [-0.2, -0.15) is 0 Å². The van der Waals surface area contributed by atoms with E-state index in [0.29, 0.717) is 19.3 Å². The second-order valence-electron chi connectivity index (χ2n) is 6.03. The lowest BCUT2D eigenvalue weighted by Crippen LogP contribution is -2.46. The number of carbonyl (C=O) groups is 2. The third kappa shape index (κ3) is 12.6. The van der Waals surface area contributed by atoms with Crippen molar-refractivity contribution in [3.05, 3.63) is 12.2 Å². The van der Waals surface area contributed by atoms with Gasteiger partial charge in [0.2, 0.25) is 11.8 Å². The maximum Gasteiger partial charge on any atom is 0.242 e. The second-order valence-corrected chi connectivity index (χ2v) is 6.03. The first kappa shape index (κ1) is 23.6. The minimum atomic E-state index is -0.583. The van der Waals surface area contributed by atoms with Gasteiger partial charge in [0.15, 0.2) is 0 Å². The van der Waals surface area contributed by atoms with Crippen LogP contribution in [0.3, 0.4) is 0 Å². The van der Waals surface area contributed by atoms with Crippen LogP contribution in [0.25, 0.3) is 0 Å². The predicted octanol–water partition coefficient (Wildman–Crippen LogP) is 3.29. The molecule has 0 bridgehead atoms. The average Bonchev–Trinajstić information content (AvgIpc) is 2.60. The van der Waals surface area contributed by atoms with Crippen molar-refractivity contribution in [1.29, 1.82) is 0 Å². The number of ether oxygens (including phenoxy) is 1. The Morgan fingerprint density at radius 3 is 2.56 bits per heavy atom. The molecule has 6 heteroatoms. The highest BCUT2D eigenvalue weighted by molar-refractivity contribution is 5.87. The number of rotatable bonds is 15. The predicted molar refractivity (Wildman–Crippen MR) is 99.1 cm³/mol. The first-order valence-corrected chi connectivity index (χ1v) is 9.50. The van der Waals surface area contributed by atoms with Crippen molar-refractivity contribution < 1.29 is 18.7 Å². The molecule has 0 saturated carbocycles. The summed E-state index contributed by atoms with van der Waals surface area (Å²) in [7, 11) is 0. The standard InChI is InChI=1S/C19H35FN2O3/c1-4-10-18(23)22-17(19(24)21-14-9-13-20)12-8-7-11-16(6-3)25-15-5-2/h7,11,16-17H,4-6,8-10,12-15H2,1-3H3,(H,21,24)(H,22,23)/b11-7-. The van der Waals surface area contributed by atoms with Gasteiger partial charge in [-0.25, -0.2) is 0 Å². The molecule has 0 aliphatic rings. The third-order valence-electron chi connectivity index (χ3n) is 3.65. The van der Waals surface area contributed by atoms with Crippen LogP contribution < -0.4 is 10.6 Å². The van der Waals surface area contributed by atoms with E-state index in [-0.39, 0.29) is 30.9 Å². The zero-order valence-electron chi connectivity index (χ0n) is 16.0. The number of nitrogens with one attached hydrogen (secondary N) is 2. The molecular weight excluding hydrogens is 323 g/mol. The summed E-state index contributed by atoms with van der Waals surface area (Å²) >= 11 is 0. The van der Waals surface area contributed by atoms with Gasteiger partial charge in [-0.1, -0.05) is 32.9 Å². The highest BCUT2D eigenvalue weighted by atomic mass is 19.1. The fourth-order valence-corrected chi connectivity index (χ4v) is 2.25. The van der Waals surface area contributed by atoms with Crippen LogP contribution in [0.1, 0.15) is 65.7 Å². The van der Waals surface area contributed by atoms with E-state index in [1.165, 1.54) is 0 Å². The number of amides is 2. The topological polar surface area (TPSA) is 67.4 Å². The Bertz CT molecular complexity index is 389. The van der Waals surface area contributed by atoms with Crippen molar-refractivity contribution in [2.45, 2.75) is 77.9 Å². The van der Waals surface area contributed by atoms with Crippen molar-refractivity contribution in [1.82, 2.24) is 10.6 Å². The average molecular weight is 358 g/mol. The summed E-state index contributed by atoms with van der Waals surface area (Å²) in [5, 5.41) is 5.45. The summed E-state index contributed by atoms with van der Waals surface area (Å²) < 4.78 is 17.8. The minimum Gasteiger partial charge on any atom is -0.374 e. The van der Waals surface area contributed by atoms with Crippen molar-refractivity contribution in [3.63, 3.8) is 0 Å². The second kappa shape index (κ2) is 16.1. The third-order valence-corrected chi connectivity index (χ3v) is 3.65. The lowest BCUT2D eigenvalue weighted by Gasteiger charge is -2.18. The Morgan fingerprint density at radius 2 is 1.96 bits per heavy atom. The molecule has 0 saturated heterocycles. The molecule has 2 atom stereocenters. The van der Waals surface area contributed by atoms with Crippen LogP contribution in [0, 0.1) is 0 Å². The van der Waals surface area contributed by atoms with Crippen LogP contribution in [0.15, 0.2) is 12.2 Å². The molecule has 0 heterocycles.